The van der Waals surface area contributed by atoms with E-state index >= 15 is 0 Å². The summed E-state index contributed by atoms with van der Waals surface area (Å²) in [5, 5.41) is 3.21. The third kappa shape index (κ3) is 5.26. The number of methoxy groups -OCH3 is 2. The van der Waals surface area contributed by atoms with Crippen molar-refractivity contribution in [1.29, 1.82) is 0 Å². The molecular formula is C17H18F3NO3. The molecule has 0 aliphatic heterocycles. The monoisotopic (exact) mass is 341 g/mol. The number of alkyl halides is 3. The lowest BCUT2D eigenvalue weighted by atomic mass is 10.2. The predicted molar refractivity (Wildman–Crippen MR) is 84.9 cm³/mol. The van der Waals surface area contributed by atoms with Gasteiger partial charge in [-0.25, -0.2) is 0 Å². The Kier molecular flexibility index (Phi) is 5.78. The second kappa shape index (κ2) is 7.81. The van der Waals surface area contributed by atoms with Crippen LogP contribution in [0.15, 0.2) is 42.5 Å². The van der Waals surface area contributed by atoms with Gasteiger partial charge in [-0.3, -0.25) is 0 Å². The molecule has 130 valence electrons. The van der Waals surface area contributed by atoms with Gasteiger partial charge in [0.05, 0.1) is 14.2 Å². The number of benzene rings is 2. The Labute approximate surface area is 138 Å². The van der Waals surface area contributed by atoms with Gasteiger partial charge < -0.3 is 19.5 Å². The van der Waals surface area contributed by atoms with Crippen molar-refractivity contribution in [2.24, 2.45) is 0 Å². The molecule has 0 unspecified atom stereocenters. The van der Waals surface area contributed by atoms with Gasteiger partial charge in [-0.2, -0.15) is 13.2 Å². The highest BCUT2D eigenvalue weighted by molar-refractivity contribution is 5.49. The van der Waals surface area contributed by atoms with Crippen molar-refractivity contribution < 1.29 is 27.4 Å². The molecule has 0 saturated carbocycles. The Balaban J connectivity index is 2.03. The summed E-state index contributed by atoms with van der Waals surface area (Å²) >= 11 is 0. The van der Waals surface area contributed by atoms with Crippen LogP contribution >= 0.6 is 0 Å². The van der Waals surface area contributed by atoms with Gasteiger partial charge in [0.2, 0.25) is 0 Å². The molecule has 0 atom stereocenters. The van der Waals surface area contributed by atoms with E-state index in [1.54, 1.807) is 19.2 Å². The summed E-state index contributed by atoms with van der Waals surface area (Å²) in [7, 11) is 2.97. The molecule has 24 heavy (non-hydrogen) atoms. The van der Waals surface area contributed by atoms with Crippen molar-refractivity contribution in [1.82, 2.24) is 0 Å². The van der Waals surface area contributed by atoms with E-state index in [2.05, 4.69) is 5.32 Å². The Morgan fingerprint density at radius 2 is 1.75 bits per heavy atom. The fourth-order valence-corrected chi connectivity index (χ4v) is 2.04. The second-order valence-corrected chi connectivity index (χ2v) is 4.97. The van der Waals surface area contributed by atoms with E-state index in [9.17, 15) is 13.2 Å². The van der Waals surface area contributed by atoms with Crippen LogP contribution in [0.5, 0.6) is 17.2 Å². The first-order valence-corrected chi connectivity index (χ1v) is 7.15. The zero-order valence-corrected chi connectivity index (χ0v) is 13.3. The Hall–Kier alpha value is -2.57. The molecule has 0 heterocycles. The van der Waals surface area contributed by atoms with Crippen LogP contribution in [-0.4, -0.2) is 27.0 Å². The molecule has 2 rings (SSSR count). The van der Waals surface area contributed by atoms with E-state index in [0.717, 1.165) is 17.0 Å². The largest absolute Gasteiger partial charge is 0.497 e. The van der Waals surface area contributed by atoms with Crippen molar-refractivity contribution in [2.45, 2.75) is 12.7 Å². The van der Waals surface area contributed by atoms with Gasteiger partial charge in [-0.05, 0) is 29.8 Å². The van der Waals surface area contributed by atoms with E-state index in [4.69, 9.17) is 14.2 Å². The van der Waals surface area contributed by atoms with Gasteiger partial charge in [0.1, 0.15) is 5.75 Å². The molecule has 0 fully saturated rings. The maximum Gasteiger partial charge on any atom is 0.422 e. The maximum absolute atomic E-state index is 12.2. The minimum Gasteiger partial charge on any atom is -0.497 e. The Bertz CT molecular complexity index is 674. The summed E-state index contributed by atoms with van der Waals surface area (Å²) in [6, 6.07) is 12.2. The Morgan fingerprint density at radius 3 is 2.42 bits per heavy atom. The van der Waals surface area contributed by atoms with Gasteiger partial charge in [0, 0.05) is 18.3 Å². The lowest BCUT2D eigenvalue weighted by Gasteiger charge is -2.14. The molecule has 1 N–H and O–H groups in total. The molecule has 2 aromatic carbocycles. The zero-order valence-electron chi connectivity index (χ0n) is 13.3. The minimum absolute atomic E-state index is 0.0555. The van der Waals surface area contributed by atoms with Crippen molar-refractivity contribution in [3.8, 4) is 17.2 Å². The van der Waals surface area contributed by atoms with Crippen LogP contribution in [-0.2, 0) is 6.54 Å². The molecule has 0 amide bonds. The number of halogens is 3. The van der Waals surface area contributed by atoms with Crippen LogP contribution in [0.4, 0.5) is 18.9 Å². The van der Waals surface area contributed by atoms with Crippen molar-refractivity contribution in [3.05, 3.63) is 48.0 Å². The first-order valence-electron chi connectivity index (χ1n) is 7.15. The van der Waals surface area contributed by atoms with Gasteiger partial charge in [0.15, 0.2) is 18.1 Å². The molecule has 0 bridgehead atoms. The lowest BCUT2D eigenvalue weighted by Crippen LogP contribution is -2.19. The maximum atomic E-state index is 12.2. The smallest absolute Gasteiger partial charge is 0.422 e. The SMILES string of the molecule is COc1cccc(NCc2ccc(OCC(F)(F)F)c(OC)c2)c1. The minimum atomic E-state index is -4.39. The number of hydrogen-bond acceptors (Lipinski definition) is 4. The first-order chi connectivity index (χ1) is 11.4. The highest BCUT2D eigenvalue weighted by atomic mass is 19.4. The summed E-state index contributed by atoms with van der Waals surface area (Å²) in [6.07, 6.45) is -4.39. The molecular weight excluding hydrogens is 323 g/mol. The van der Waals surface area contributed by atoms with Crippen molar-refractivity contribution in [3.63, 3.8) is 0 Å². The van der Waals surface area contributed by atoms with E-state index < -0.39 is 12.8 Å². The summed E-state index contributed by atoms with van der Waals surface area (Å²) < 4.78 is 51.7. The number of nitrogens with one attached hydrogen (secondary N) is 1. The fraction of sp³-hybridized carbons (Fsp3) is 0.294. The highest BCUT2D eigenvalue weighted by Gasteiger charge is 2.29. The van der Waals surface area contributed by atoms with Crippen molar-refractivity contribution >= 4 is 5.69 Å². The molecule has 0 radical (unpaired) electrons. The number of anilines is 1. The number of hydrogen-bond donors (Lipinski definition) is 1. The molecule has 2 aromatic rings. The summed E-state index contributed by atoms with van der Waals surface area (Å²) in [5.41, 5.74) is 1.71. The number of ether oxygens (including phenoxy) is 3. The van der Waals surface area contributed by atoms with Gasteiger partial charge in [-0.1, -0.05) is 12.1 Å². The average Bonchev–Trinajstić information content (AvgIpc) is 2.57. The van der Waals surface area contributed by atoms with Crippen LogP contribution in [0.1, 0.15) is 5.56 Å². The predicted octanol–water partition coefficient (Wildman–Crippen LogP) is 4.26. The Morgan fingerprint density at radius 1 is 0.958 bits per heavy atom. The standard InChI is InChI=1S/C17H18F3NO3/c1-22-14-5-3-4-13(9-14)21-10-12-6-7-15(16(8-12)23-2)24-11-17(18,19)20/h3-9,21H,10-11H2,1-2H3. The van der Waals surface area contributed by atoms with Crippen LogP contribution in [0.3, 0.4) is 0 Å². The molecule has 7 heteroatoms. The van der Waals surface area contributed by atoms with E-state index in [-0.39, 0.29) is 11.5 Å². The van der Waals surface area contributed by atoms with Crippen LogP contribution < -0.4 is 19.5 Å². The van der Waals surface area contributed by atoms with E-state index in [0.29, 0.717) is 6.54 Å². The molecule has 0 spiro atoms. The third-order valence-electron chi connectivity index (χ3n) is 3.19. The quantitative estimate of drug-likeness (QED) is 0.817. The summed E-state index contributed by atoms with van der Waals surface area (Å²) in [6.45, 7) is -0.881. The van der Waals surface area contributed by atoms with Gasteiger partial charge in [0.25, 0.3) is 0 Å². The fourth-order valence-electron chi connectivity index (χ4n) is 2.04. The third-order valence-corrected chi connectivity index (χ3v) is 3.19. The van der Waals surface area contributed by atoms with E-state index in [1.165, 1.54) is 13.2 Å². The highest BCUT2D eigenvalue weighted by Crippen LogP contribution is 2.30. The van der Waals surface area contributed by atoms with Gasteiger partial charge >= 0.3 is 6.18 Å². The normalized spacial score (nSPS) is 11.0. The molecule has 0 saturated heterocycles. The van der Waals surface area contributed by atoms with Gasteiger partial charge in [-0.15, -0.1) is 0 Å². The lowest BCUT2D eigenvalue weighted by molar-refractivity contribution is -0.153. The van der Waals surface area contributed by atoms with Crippen LogP contribution in [0.2, 0.25) is 0 Å². The first kappa shape index (κ1) is 17.8. The molecule has 0 aliphatic carbocycles. The zero-order chi connectivity index (χ0) is 17.6. The van der Waals surface area contributed by atoms with Crippen LogP contribution in [0, 0.1) is 0 Å². The molecule has 4 nitrogen and oxygen atoms in total. The topological polar surface area (TPSA) is 39.7 Å². The number of rotatable bonds is 7. The second-order valence-electron chi connectivity index (χ2n) is 4.97. The average molecular weight is 341 g/mol. The molecule has 0 aliphatic rings. The summed E-state index contributed by atoms with van der Waals surface area (Å²) in [4.78, 5) is 0. The summed E-state index contributed by atoms with van der Waals surface area (Å²) in [5.74, 6) is 1.04. The van der Waals surface area contributed by atoms with Crippen LogP contribution in [0.25, 0.3) is 0 Å². The molecule has 0 aromatic heterocycles. The van der Waals surface area contributed by atoms with Crippen molar-refractivity contribution in [2.75, 3.05) is 26.1 Å². The van der Waals surface area contributed by atoms with E-state index in [1.807, 2.05) is 24.3 Å².